The van der Waals surface area contributed by atoms with Crippen molar-refractivity contribution in [3.63, 3.8) is 0 Å². The Kier molecular flexibility index (Phi) is 10.1. The fourth-order valence-corrected chi connectivity index (χ4v) is 5.23. The van der Waals surface area contributed by atoms with Crippen molar-refractivity contribution in [2.45, 2.75) is 63.6 Å². The van der Waals surface area contributed by atoms with Crippen LogP contribution in [0.5, 0.6) is 11.5 Å². The second kappa shape index (κ2) is 12.8. The molecule has 6 heteroatoms. The van der Waals surface area contributed by atoms with Gasteiger partial charge in [0.25, 0.3) is 0 Å². The largest absolute Gasteiger partial charge is 0.493 e. The van der Waals surface area contributed by atoms with Crippen molar-refractivity contribution >= 4 is 0 Å². The van der Waals surface area contributed by atoms with Crippen LogP contribution in [-0.4, -0.2) is 93.0 Å². The number of rotatable bonds is 11. The molecule has 0 amide bonds. The molecule has 1 aliphatic heterocycles. The first kappa shape index (κ1) is 25.3. The summed E-state index contributed by atoms with van der Waals surface area (Å²) in [7, 11) is 8.22. The average molecular weight is 448 g/mol. The monoisotopic (exact) mass is 447 g/mol. The molecule has 1 saturated heterocycles. The number of hydrogen-bond donors (Lipinski definition) is 1. The number of nitrogens with zero attached hydrogens (tertiary/aromatic N) is 3. The third-order valence-electron chi connectivity index (χ3n) is 7.22. The topological polar surface area (TPSA) is 48.4 Å². The molecule has 0 radical (unpaired) electrons. The zero-order valence-corrected chi connectivity index (χ0v) is 20.8. The molecule has 0 spiro atoms. The van der Waals surface area contributed by atoms with E-state index in [1.165, 1.54) is 63.6 Å². The Hall–Kier alpha value is -1.34. The third kappa shape index (κ3) is 7.91. The number of aliphatic hydroxyl groups is 1. The minimum atomic E-state index is -0.507. The Labute approximate surface area is 195 Å². The Balaban J connectivity index is 1.45. The van der Waals surface area contributed by atoms with E-state index in [0.29, 0.717) is 18.3 Å². The number of aliphatic hydroxyl groups excluding tert-OH is 1. The first-order valence-corrected chi connectivity index (χ1v) is 12.5. The summed E-state index contributed by atoms with van der Waals surface area (Å²) in [5.74, 6) is 2.23. The van der Waals surface area contributed by atoms with Gasteiger partial charge in [0.1, 0.15) is 12.7 Å². The SMILES string of the molecule is COc1cc(CN(C)CC2CCN(C)CC2)ccc1OCC(O)CN(C)C1CCCCC1. The molecule has 1 N–H and O–H groups in total. The Bertz CT molecular complexity index is 672. The molecular weight excluding hydrogens is 402 g/mol. The molecule has 1 atom stereocenters. The quantitative estimate of drug-likeness (QED) is 0.561. The van der Waals surface area contributed by atoms with Crippen molar-refractivity contribution in [2.75, 3.05) is 61.0 Å². The number of likely N-dealkylation sites (N-methyl/N-ethyl adjacent to an activating group) is 1. The minimum Gasteiger partial charge on any atom is -0.493 e. The lowest BCUT2D eigenvalue weighted by atomic mass is 9.94. The number of hydrogen-bond acceptors (Lipinski definition) is 6. The molecule has 2 fully saturated rings. The van der Waals surface area contributed by atoms with Crippen LogP contribution in [0.4, 0.5) is 0 Å². The fourth-order valence-electron chi connectivity index (χ4n) is 5.23. The summed E-state index contributed by atoms with van der Waals surface area (Å²) >= 11 is 0. The number of methoxy groups -OCH3 is 1. The van der Waals surface area contributed by atoms with E-state index in [0.717, 1.165) is 24.8 Å². The summed E-state index contributed by atoms with van der Waals surface area (Å²) in [5, 5.41) is 10.5. The van der Waals surface area contributed by atoms with E-state index in [9.17, 15) is 5.11 Å². The number of benzene rings is 1. The Morgan fingerprint density at radius 3 is 2.47 bits per heavy atom. The van der Waals surface area contributed by atoms with Crippen molar-refractivity contribution in [1.29, 1.82) is 0 Å². The first-order valence-electron chi connectivity index (χ1n) is 12.5. The number of piperidine rings is 1. The van der Waals surface area contributed by atoms with Gasteiger partial charge in [0, 0.05) is 25.7 Å². The van der Waals surface area contributed by atoms with Gasteiger partial charge in [-0.25, -0.2) is 0 Å². The van der Waals surface area contributed by atoms with E-state index in [1.54, 1.807) is 7.11 Å². The van der Waals surface area contributed by atoms with Crippen molar-refractivity contribution in [3.8, 4) is 11.5 Å². The summed E-state index contributed by atoms with van der Waals surface area (Å²) in [6.07, 6.45) is 8.50. The molecule has 2 aliphatic rings. The van der Waals surface area contributed by atoms with Gasteiger partial charge < -0.3 is 29.3 Å². The maximum atomic E-state index is 10.5. The van der Waals surface area contributed by atoms with Gasteiger partial charge >= 0.3 is 0 Å². The Morgan fingerprint density at radius 1 is 1.06 bits per heavy atom. The van der Waals surface area contributed by atoms with Crippen molar-refractivity contribution in [1.82, 2.24) is 14.7 Å². The van der Waals surface area contributed by atoms with E-state index in [-0.39, 0.29) is 6.61 Å². The normalized spacial score (nSPS) is 20.1. The molecule has 32 heavy (non-hydrogen) atoms. The molecule has 6 nitrogen and oxygen atoms in total. The van der Waals surface area contributed by atoms with Gasteiger partial charge in [0.05, 0.1) is 7.11 Å². The average Bonchev–Trinajstić information content (AvgIpc) is 2.80. The Morgan fingerprint density at radius 2 is 1.78 bits per heavy atom. The first-order chi connectivity index (χ1) is 15.4. The number of ether oxygens (including phenoxy) is 2. The molecule has 1 aliphatic carbocycles. The summed E-state index contributed by atoms with van der Waals surface area (Å²) < 4.78 is 11.5. The molecule has 182 valence electrons. The van der Waals surface area contributed by atoms with Gasteiger partial charge in [-0.05, 0) is 83.5 Å². The van der Waals surface area contributed by atoms with Gasteiger partial charge in [-0.1, -0.05) is 25.3 Å². The van der Waals surface area contributed by atoms with E-state index in [2.05, 4.69) is 48.0 Å². The maximum Gasteiger partial charge on any atom is 0.161 e. The van der Waals surface area contributed by atoms with Crippen LogP contribution in [-0.2, 0) is 6.54 Å². The van der Waals surface area contributed by atoms with Gasteiger partial charge in [0.2, 0.25) is 0 Å². The van der Waals surface area contributed by atoms with Gasteiger partial charge in [-0.15, -0.1) is 0 Å². The molecule has 1 aromatic carbocycles. The smallest absolute Gasteiger partial charge is 0.161 e. The molecule has 3 rings (SSSR count). The van der Waals surface area contributed by atoms with Crippen LogP contribution in [0.25, 0.3) is 0 Å². The molecule has 1 aromatic rings. The lowest BCUT2D eigenvalue weighted by Crippen LogP contribution is -2.40. The summed E-state index contributed by atoms with van der Waals surface area (Å²) in [6.45, 7) is 5.38. The van der Waals surface area contributed by atoms with Crippen LogP contribution in [0, 0.1) is 5.92 Å². The standard InChI is InChI=1S/C26H45N3O3/c1-27-14-12-21(13-15-27)17-28(2)18-22-10-11-25(26(16-22)31-4)32-20-24(30)19-29(3)23-8-6-5-7-9-23/h10-11,16,21,23-24,30H,5-9,12-15,17-20H2,1-4H3. The lowest BCUT2D eigenvalue weighted by molar-refractivity contribution is 0.0553. The maximum absolute atomic E-state index is 10.5. The van der Waals surface area contributed by atoms with Crippen LogP contribution >= 0.6 is 0 Å². The van der Waals surface area contributed by atoms with Crippen LogP contribution in [0.3, 0.4) is 0 Å². The zero-order valence-electron chi connectivity index (χ0n) is 20.8. The van der Waals surface area contributed by atoms with Gasteiger partial charge in [-0.3, -0.25) is 0 Å². The highest BCUT2D eigenvalue weighted by molar-refractivity contribution is 5.43. The van der Waals surface area contributed by atoms with E-state index < -0.39 is 6.10 Å². The molecular formula is C26H45N3O3. The van der Waals surface area contributed by atoms with Crippen LogP contribution < -0.4 is 9.47 Å². The summed E-state index contributed by atoms with van der Waals surface area (Å²) in [4.78, 5) is 7.13. The summed E-state index contributed by atoms with van der Waals surface area (Å²) in [6, 6.07) is 6.76. The lowest BCUT2D eigenvalue weighted by Gasteiger charge is -2.32. The highest BCUT2D eigenvalue weighted by Crippen LogP contribution is 2.29. The molecule has 0 bridgehead atoms. The fraction of sp³-hybridized carbons (Fsp3) is 0.769. The number of likely N-dealkylation sites (tertiary alicyclic amines) is 1. The van der Waals surface area contributed by atoms with E-state index in [4.69, 9.17) is 9.47 Å². The van der Waals surface area contributed by atoms with Crippen molar-refractivity contribution < 1.29 is 14.6 Å². The molecule has 1 heterocycles. The highest BCUT2D eigenvalue weighted by Gasteiger charge is 2.21. The summed E-state index contributed by atoms with van der Waals surface area (Å²) in [5.41, 5.74) is 1.22. The van der Waals surface area contributed by atoms with Crippen LogP contribution in [0.1, 0.15) is 50.5 Å². The van der Waals surface area contributed by atoms with E-state index in [1.807, 2.05) is 6.07 Å². The molecule has 1 unspecified atom stereocenters. The molecule has 1 saturated carbocycles. The second-order valence-corrected chi connectivity index (χ2v) is 10.1. The van der Waals surface area contributed by atoms with Crippen molar-refractivity contribution in [3.05, 3.63) is 23.8 Å². The zero-order chi connectivity index (χ0) is 22.9. The molecule has 0 aromatic heterocycles. The minimum absolute atomic E-state index is 0.281. The van der Waals surface area contributed by atoms with Gasteiger partial charge in [0.15, 0.2) is 11.5 Å². The highest BCUT2D eigenvalue weighted by atomic mass is 16.5. The third-order valence-corrected chi connectivity index (χ3v) is 7.22. The van der Waals surface area contributed by atoms with Gasteiger partial charge in [-0.2, -0.15) is 0 Å². The van der Waals surface area contributed by atoms with Crippen molar-refractivity contribution in [2.24, 2.45) is 5.92 Å². The second-order valence-electron chi connectivity index (χ2n) is 10.1. The van der Waals surface area contributed by atoms with Crippen LogP contribution in [0.15, 0.2) is 18.2 Å². The predicted molar refractivity (Wildman–Crippen MR) is 131 cm³/mol. The van der Waals surface area contributed by atoms with Crippen LogP contribution in [0.2, 0.25) is 0 Å². The predicted octanol–water partition coefficient (Wildman–Crippen LogP) is 3.47. The van der Waals surface area contributed by atoms with E-state index >= 15 is 0 Å².